The van der Waals surface area contributed by atoms with E-state index in [9.17, 15) is 14.4 Å². The molecule has 352 valence electrons. The maximum atomic E-state index is 12.8. The van der Waals surface area contributed by atoms with Gasteiger partial charge in [0.05, 0.1) is 0 Å². The van der Waals surface area contributed by atoms with Crippen molar-refractivity contribution >= 4 is 17.9 Å². The largest absolute Gasteiger partial charge is 0.462 e. The van der Waals surface area contributed by atoms with Crippen molar-refractivity contribution in [3.8, 4) is 0 Å². The average Bonchev–Trinajstić information content (AvgIpc) is 3.27. The Balaban J connectivity index is 4.48. The summed E-state index contributed by atoms with van der Waals surface area (Å²) in [4.78, 5) is 37.9. The number of esters is 3. The van der Waals surface area contributed by atoms with E-state index in [0.717, 1.165) is 116 Å². The zero-order valence-electron chi connectivity index (χ0n) is 40.1. The molecule has 0 heterocycles. The van der Waals surface area contributed by atoms with Gasteiger partial charge in [-0.05, 0) is 83.5 Å². The third-order valence-corrected chi connectivity index (χ3v) is 10.4. The molecule has 0 N–H and O–H groups in total. The summed E-state index contributed by atoms with van der Waals surface area (Å²) in [5, 5.41) is 0. The van der Waals surface area contributed by atoms with Gasteiger partial charge in [-0.2, -0.15) is 0 Å². The molecule has 6 heteroatoms. The van der Waals surface area contributed by atoms with Crippen LogP contribution in [0, 0.1) is 0 Å². The predicted molar refractivity (Wildman–Crippen MR) is 265 cm³/mol. The van der Waals surface area contributed by atoms with Crippen LogP contribution in [0.3, 0.4) is 0 Å². The van der Waals surface area contributed by atoms with Crippen LogP contribution in [-0.2, 0) is 28.6 Å². The highest BCUT2D eigenvalue weighted by Crippen LogP contribution is 2.13. The lowest BCUT2D eigenvalue weighted by atomic mass is 10.1. The highest BCUT2D eigenvalue weighted by Gasteiger charge is 2.19. The zero-order chi connectivity index (χ0) is 45.1. The van der Waals surface area contributed by atoms with Crippen LogP contribution in [0.4, 0.5) is 0 Å². The van der Waals surface area contributed by atoms with Crippen LogP contribution < -0.4 is 0 Å². The van der Waals surface area contributed by atoms with Gasteiger partial charge in [-0.25, -0.2) is 0 Å². The highest BCUT2D eigenvalue weighted by molar-refractivity contribution is 5.71. The van der Waals surface area contributed by atoms with Crippen molar-refractivity contribution in [3.63, 3.8) is 0 Å². The lowest BCUT2D eigenvalue weighted by Gasteiger charge is -2.18. The first-order valence-electron chi connectivity index (χ1n) is 25.3. The minimum atomic E-state index is -0.802. The molecule has 0 aliphatic rings. The van der Waals surface area contributed by atoms with E-state index >= 15 is 0 Å². The van der Waals surface area contributed by atoms with Crippen LogP contribution in [-0.4, -0.2) is 37.2 Å². The van der Waals surface area contributed by atoms with Gasteiger partial charge in [-0.15, -0.1) is 0 Å². The summed E-state index contributed by atoms with van der Waals surface area (Å²) in [6.45, 7) is 6.41. The average molecular weight is 861 g/mol. The molecule has 0 spiro atoms. The third-order valence-electron chi connectivity index (χ3n) is 10.4. The normalized spacial score (nSPS) is 12.9. The van der Waals surface area contributed by atoms with E-state index in [1.807, 2.05) is 0 Å². The lowest BCUT2D eigenvalue weighted by molar-refractivity contribution is -0.167. The molecule has 1 unspecified atom stereocenters. The van der Waals surface area contributed by atoms with Crippen molar-refractivity contribution in [1.29, 1.82) is 0 Å². The third kappa shape index (κ3) is 47.4. The Hall–Kier alpha value is -3.67. The van der Waals surface area contributed by atoms with Gasteiger partial charge in [0.25, 0.3) is 0 Å². The summed E-state index contributed by atoms with van der Waals surface area (Å²) in [5.74, 6) is -0.959. The van der Waals surface area contributed by atoms with Crippen molar-refractivity contribution in [2.24, 2.45) is 0 Å². The van der Waals surface area contributed by atoms with E-state index < -0.39 is 6.10 Å². The maximum absolute atomic E-state index is 12.8. The molecule has 0 aromatic heterocycles. The Morgan fingerprint density at radius 1 is 0.355 bits per heavy atom. The van der Waals surface area contributed by atoms with Gasteiger partial charge in [-0.3, -0.25) is 14.4 Å². The minimum absolute atomic E-state index is 0.0983. The van der Waals surface area contributed by atoms with E-state index in [2.05, 4.69) is 118 Å². The van der Waals surface area contributed by atoms with Crippen LogP contribution in [0.15, 0.2) is 97.2 Å². The zero-order valence-corrected chi connectivity index (χ0v) is 40.1. The van der Waals surface area contributed by atoms with Crippen molar-refractivity contribution in [3.05, 3.63) is 97.2 Å². The monoisotopic (exact) mass is 861 g/mol. The Bertz CT molecular complexity index is 1260. The number of hydrogen-bond donors (Lipinski definition) is 0. The van der Waals surface area contributed by atoms with Gasteiger partial charge in [0.15, 0.2) is 6.10 Å². The first-order chi connectivity index (χ1) is 30.5. The summed E-state index contributed by atoms with van der Waals surface area (Å²) >= 11 is 0. The molecule has 62 heavy (non-hydrogen) atoms. The number of allylic oxidation sites excluding steroid dienone is 16. The van der Waals surface area contributed by atoms with Gasteiger partial charge in [-0.1, -0.05) is 214 Å². The molecule has 1 atom stereocenters. The Morgan fingerprint density at radius 3 is 1.18 bits per heavy atom. The van der Waals surface area contributed by atoms with E-state index in [1.54, 1.807) is 0 Å². The van der Waals surface area contributed by atoms with Gasteiger partial charge in [0.1, 0.15) is 13.2 Å². The smallest absolute Gasteiger partial charge is 0.306 e. The lowest BCUT2D eigenvalue weighted by Crippen LogP contribution is -2.30. The van der Waals surface area contributed by atoms with Crippen LogP contribution in [0.2, 0.25) is 0 Å². The van der Waals surface area contributed by atoms with E-state index in [-0.39, 0.29) is 37.5 Å². The van der Waals surface area contributed by atoms with E-state index in [4.69, 9.17) is 14.2 Å². The van der Waals surface area contributed by atoms with Gasteiger partial charge < -0.3 is 14.2 Å². The molecule has 6 nitrogen and oxygen atoms in total. The summed E-state index contributed by atoms with van der Waals surface area (Å²) in [6.07, 6.45) is 65.3. The van der Waals surface area contributed by atoms with Gasteiger partial charge >= 0.3 is 17.9 Å². The summed E-state index contributed by atoms with van der Waals surface area (Å²) in [7, 11) is 0. The molecule has 0 aliphatic carbocycles. The number of unbranched alkanes of at least 4 members (excludes halogenated alkanes) is 20. The van der Waals surface area contributed by atoms with Crippen LogP contribution in [0.1, 0.15) is 220 Å². The summed E-state index contributed by atoms with van der Waals surface area (Å²) < 4.78 is 16.7. The molecular weight excluding hydrogens is 769 g/mol. The quantitative estimate of drug-likeness (QED) is 0.0200. The van der Waals surface area contributed by atoms with Crippen LogP contribution in [0.25, 0.3) is 0 Å². The molecule has 0 fully saturated rings. The first-order valence-corrected chi connectivity index (χ1v) is 25.3. The Morgan fingerprint density at radius 2 is 0.694 bits per heavy atom. The number of carbonyl (C=O) groups excluding carboxylic acids is 3. The van der Waals surface area contributed by atoms with E-state index in [0.29, 0.717) is 12.8 Å². The molecule has 0 saturated heterocycles. The molecule has 0 radical (unpaired) electrons. The second kappa shape index (κ2) is 50.0. The Kier molecular flexibility index (Phi) is 47.0. The summed E-state index contributed by atoms with van der Waals surface area (Å²) in [5.41, 5.74) is 0. The van der Waals surface area contributed by atoms with Crippen molar-refractivity contribution < 1.29 is 28.6 Å². The summed E-state index contributed by atoms with van der Waals surface area (Å²) in [6, 6.07) is 0. The minimum Gasteiger partial charge on any atom is -0.462 e. The number of hydrogen-bond acceptors (Lipinski definition) is 6. The molecule has 0 bridgehead atoms. The number of rotatable bonds is 44. The molecule has 0 aromatic rings. The molecule has 0 amide bonds. The topological polar surface area (TPSA) is 78.9 Å². The fourth-order valence-electron chi connectivity index (χ4n) is 6.62. The van der Waals surface area contributed by atoms with E-state index in [1.165, 1.54) is 64.2 Å². The Labute approximate surface area is 381 Å². The fourth-order valence-corrected chi connectivity index (χ4v) is 6.62. The van der Waals surface area contributed by atoms with Crippen LogP contribution in [0.5, 0.6) is 0 Å². The maximum Gasteiger partial charge on any atom is 0.306 e. The second-order valence-corrected chi connectivity index (χ2v) is 16.4. The molecule has 0 aromatic carbocycles. The van der Waals surface area contributed by atoms with Crippen molar-refractivity contribution in [2.45, 2.75) is 226 Å². The molecular formula is C56H92O6. The highest BCUT2D eigenvalue weighted by atomic mass is 16.6. The first kappa shape index (κ1) is 58.3. The van der Waals surface area contributed by atoms with Gasteiger partial charge in [0.2, 0.25) is 0 Å². The van der Waals surface area contributed by atoms with Gasteiger partial charge in [0, 0.05) is 19.3 Å². The van der Waals surface area contributed by atoms with Crippen molar-refractivity contribution in [2.75, 3.05) is 13.2 Å². The SMILES string of the molecule is CC/C=C\C/C=C\C/C=C\C/C=C\CCCCCC(=O)OC(COC(=O)CCCCCCC\C=C/C=C\C=C/C=C\CCCCC)COC(=O)CCCCCCCCCCCC. The molecule has 0 rings (SSSR count). The molecule has 0 aliphatic heterocycles. The second-order valence-electron chi connectivity index (χ2n) is 16.4. The number of ether oxygens (including phenoxy) is 3. The van der Waals surface area contributed by atoms with Crippen LogP contribution >= 0.6 is 0 Å². The fraction of sp³-hybridized carbons (Fsp3) is 0.661. The predicted octanol–water partition coefficient (Wildman–Crippen LogP) is 16.6. The standard InChI is InChI=1S/C56H92O6/c1-4-7-10-13-16-19-22-24-26-28-29-31-32-34-37-40-43-46-49-55(58)61-52-53(51-60-54(57)48-45-42-39-36-21-18-15-12-9-6-3)62-56(59)50-47-44-41-38-35-33-30-27-25-23-20-17-14-11-8-5-2/h8,11,16-17,19-20,22,24-29,31,33,35,53H,4-7,9-10,12-15,18,21,23,30,32,34,36-52H2,1-3H3/b11-8-,19-16-,20-17-,24-22-,27-25-,28-26-,31-29-,35-33-. The van der Waals surface area contributed by atoms with Crippen molar-refractivity contribution in [1.82, 2.24) is 0 Å². The molecule has 0 saturated carbocycles. The number of carbonyl (C=O) groups is 3.